The van der Waals surface area contributed by atoms with Crippen LogP contribution in [0.25, 0.3) is 0 Å². The first-order valence-electron chi connectivity index (χ1n) is 15.5. The zero-order valence-corrected chi connectivity index (χ0v) is 26.5. The van der Waals surface area contributed by atoms with E-state index >= 15 is 0 Å². The van der Waals surface area contributed by atoms with Gasteiger partial charge >= 0.3 is 5.97 Å². The van der Waals surface area contributed by atoms with Crippen molar-refractivity contribution in [3.05, 3.63) is 23.8 Å². The van der Waals surface area contributed by atoms with Crippen molar-refractivity contribution >= 4 is 23.5 Å². The maximum absolute atomic E-state index is 14.1. The van der Waals surface area contributed by atoms with Crippen molar-refractivity contribution in [2.75, 3.05) is 52.3 Å². The number of likely N-dealkylation sites (N-methyl/N-ethyl adjacent to an activating group) is 1. The number of carbonyl (C=O) groups is 3. The summed E-state index contributed by atoms with van der Waals surface area (Å²) in [6.45, 7) is 9.63. The maximum Gasteiger partial charge on any atom is 0.305 e. The Bertz CT molecular complexity index is 987. The number of aliphatic hydroxyl groups excluding tert-OH is 1. The lowest BCUT2D eigenvalue weighted by atomic mass is 10.0. The number of esters is 1. The van der Waals surface area contributed by atoms with Crippen LogP contribution in [0.3, 0.4) is 0 Å². The molecule has 0 saturated heterocycles. The molecule has 10 heteroatoms. The Labute approximate surface area is 252 Å². The Morgan fingerprint density at radius 1 is 1.17 bits per heavy atom. The topological polar surface area (TPSA) is 118 Å². The number of fused-ring (bicyclic) bond motifs is 1. The van der Waals surface area contributed by atoms with Gasteiger partial charge in [0.2, 0.25) is 5.91 Å². The fourth-order valence-electron chi connectivity index (χ4n) is 5.01. The van der Waals surface area contributed by atoms with Crippen LogP contribution < -0.4 is 10.1 Å². The summed E-state index contributed by atoms with van der Waals surface area (Å²) >= 11 is 0. The minimum atomic E-state index is -0.425. The van der Waals surface area contributed by atoms with E-state index in [9.17, 15) is 19.5 Å². The quantitative estimate of drug-likeness (QED) is 0.270. The van der Waals surface area contributed by atoms with E-state index in [1.54, 1.807) is 30.0 Å². The highest BCUT2D eigenvalue weighted by Crippen LogP contribution is 2.28. The van der Waals surface area contributed by atoms with E-state index in [1.165, 1.54) is 0 Å². The predicted molar refractivity (Wildman–Crippen MR) is 164 cm³/mol. The lowest BCUT2D eigenvalue weighted by Gasteiger charge is -2.35. The van der Waals surface area contributed by atoms with Crippen molar-refractivity contribution in [2.45, 2.75) is 97.3 Å². The molecule has 4 atom stereocenters. The number of anilines is 1. The van der Waals surface area contributed by atoms with E-state index < -0.39 is 6.04 Å². The Hall–Kier alpha value is -2.69. The molecule has 1 aromatic carbocycles. The summed E-state index contributed by atoms with van der Waals surface area (Å²) in [4.78, 5) is 42.1. The molecule has 1 aliphatic heterocycles. The molecule has 0 spiro atoms. The predicted octanol–water partition coefficient (Wildman–Crippen LogP) is 4.50. The van der Waals surface area contributed by atoms with Crippen LogP contribution >= 0.6 is 0 Å². The first-order valence-corrected chi connectivity index (χ1v) is 15.5. The number of nitrogens with one attached hydrogen (secondary N) is 1. The van der Waals surface area contributed by atoms with Crippen LogP contribution in [0.1, 0.15) is 89.4 Å². The highest BCUT2D eigenvalue weighted by atomic mass is 16.5. The number of benzene rings is 1. The summed E-state index contributed by atoms with van der Waals surface area (Å²) in [5.74, 6) is -0.158. The molecule has 10 nitrogen and oxygen atoms in total. The van der Waals surface area contributed by atoms with Crippen molar-refractivity contribution < 1.29 is 33.7 Å². The van der Waals surface area contributed by atoms with Gasteiger partial charge in [0.1, 0.15) is 5.75 Å². The molecule has 2 rings (SSSR count). The van der Waals surface area contributed by atoms with Gasteiger partial charge in [-0.3, -0.25) is 14.4 Å². The second-order valence-electron chi connectivity index (χ2n) is 11.7. The summed E-state index contributed by atoms with van der Waals surface area (Å²) in [5, 5.41) is 13.0. The van der Waals surface area contributed by atoms with E-state index in [-0.39, 0.29) is 42.5 Å². The average molecular weight is 592 g/mol. The van der Waals surface area contributed by atoms with Gasteiger partial charge in [-0.15, -0.1) is 0 Å². The van der Waals surface area contributed by atoms with Crippen LogP contribution in [-0.2, 0) is 19.1 Å². The van der Waals surface area contributed by atoms with Gasteiger partial charge in [-0.25, -0.2) is 0 Å². The van der Waals surface area contributed by atoms with Crippen LogP contribution in [0.2, 0.25) is 0 Å². The maximum atomic E-state index is 14.1. The molecule has 42 heavy (non-hydrogen) atoms. The lowest BCUT2D eigenvalue weighted by molar-refractivity contribution is -0.143. The molecule has 1 aliphatic rings. The van der Waals surface area contributed by atoms with Crippen molar-refractivity contribution in [3.8, 4) is 5.75 Å². The molecular weight excluding hydrogens is 538 g/mol. The van der Waals surface area contributed by atoms with Crippen molar-refractivity contribution in [1.29, 1.82) is 0 Å². The van der Waals surface area contributed by atoms with Gasteiger partial charge in [0.15, 0.2) is 0 Å². The number of hydrogen-bond acceptors (Lipinski definition) is 8. The van der Waals surface area contributed by atoms with Crippen molar-refractivity contribution in [1.82, 2.24) is 9.80 Å². The van der Waals surface area contributed by atoms with Crippen LogP contribution in [0.15, 0.2) is 18.2 Å². The third kappa shape index (κ3) is 12.3. The molecule has 238 valence electrons. The molecule has 2 N–H and O–H groups in total. The lowest BCUT2D eigenvalue weighted by Crippen LogP contribution is -2.47. The molecule has 0 bridgehead atoms. The van der Waals surface area contributed by atoms with Gasteiger partial charge in [0, 0.05) is 44.1 Å². The zero-order valence-electron chi connectivity index (χ0n) is 26.5. The normalized spacial score (nSPS) is 21.2. The molecular formula is C32H53N3O7. The van der Waals surface area contributed by atoms with E-state index in [1.807, 2.05) is 27.9 Å². The third-order valence-corrected chi connectivity index (χ3v) is 7.47. The van der Waals surface area contributed by atoms with Gasteiger partial charge in [-0.2, -0.15) is 0 Å². The zero-order chi connectivity index (χ0) is 31.1. The minimum Gasteiger partial charge on any atom is -0.490 e. The van der Waals surface area contributed by atoms with Crippen molar-refractivity contribution in [2.24, 2.45) is 5.92 Å². The molecule has 0 aromatic heterocycles. The fourth-order valence-corrected chi connectivity index (χ4v) is 5.01. The van der Waals surface area contributed by atoms with Gasteiger partial charge in [0.05, 0.1) is 37.0 Å². The largest absolute Gasteiger partial charge is 0.490 e. The Kier molecular flexibility index (Phi) is 15.9. The summed E-state index contributed by atoms with van der Waals surface area (Å²) < 4.78 is 17.5. The summed E-state index contributed by atoms with van der Waals surface area (Å²) in [7, 11) is 4.02. The summed E-state index contributed by atoms with van der Waals surface area (Å²) in [6, 6.07) is 4.74. The molecule has 1 aromatic rings. The van der Waals surface area contributed by atoms with Gasteiger partial charge in [-0.1, -0.05) is 13.3 Å². The van der Waals surface area contributed by atoms with Gasteiger partial charge in [0.25, 0.3) is 5.91 Å². The standard InChI is InChI=1S/C32H53N3O7/c1-7-40-31(38)15-10-8-9-14-30(37)33-26-16-17-28-27(19-26)32(39)35(24(3)22-36)20-23(2)29(21-34(5)6)41-18-12-11-13-25(4)42-28/h16-17,19,23-25,29,36H,7-15,18,20-22H2,1-6H3,(H,33,37)/t23-,24-,25+,29-/m1/s1. The summed E-state index contributed by atoms with van der Waals surface area (Å²) in [5.41, 5.74) is 0.859. The first kappa shape index (κ1) is 35.5. The van der Waals surface area contributed by atoms with E-state index in [2.05, 4.69) is 17.1 Å². The molecule has 1 heterocycles. The van der Waals surface area contributed by atoms with Gasteiger partial charge < -0.3 is 34.4 Å². The number of amides is 2. The van der Waals surface area contributed by atoms with E-state index in [4.69, 9.17) is 14.2 Å². The highest BCUT2D eigenvalue weighted by Gasteiger charge is 2.30. The van der Waals surface area contributed by atoms with Crippen molar-refractivity contribution in [3.63, 3.8) is 0 Å². The first-order chi connectivity index (χ1) is 20.0. The second kappa shape index (κ2) is 18.8. The highest BCUT2D eigenvalue weighted by molar-refractivity contribution is 5.99. The van der Waals surface area contributed by atoms with Crippen LogP contribution in [0.5, 0.6) is 5.75 Å². The van der Waals surface area contributed by atoms with E-state index in [0.29, 0.717) is 62.4 Å². The number of nitrogens with zero attached hydrogens (tertiary/aromatic N) is 2. The number of unbranched alkanes of at least 4 members (excludes halogenated alkanes) is 2. The molecule has 0 aliphatic carbocycles. The van der Waals surface area contributed by atoms with Gasteiger partial charge in [-0.05, 0) is 85.2 Å². The SMILES string of the molecule is CCOC(=O)CCCCCC(=O)Nc1ccc2c(c1)C(=O)N([C@H](C)CO)C[C@@H](C)[C@@H](CN(C)C)OCCCC[C@H](C)O2. The molecule has 2 amide bonds. The smallest absolute Gasteiger partial charge is 0.305 e. The average Bonchev–Trinajstić information content (AvgIpc) is 2.94. The third-order valence-electron chi connectivity index (χ3n) is 7.47. The Morgan fingerprint density at radius 2 is 1.90 bits per heavy atom. The number of hydrogen-bond donors (Lipinski definition) is 2. The summed E-state index contributed by atoms with van der Waals surface area (Å²) in [6.07, 6.45) is 5.20. The number of carbonyl (C=O) groups excluding carboxylic acids is 3. The number of ether oxygens (including phenoxy) is 3. The van der Waals surface area contributed by atoms with Crippen LogP contribution in [0.4, 0.5) is 5.69 Å². The van der Waals surface area contributed by atoms with Crippen LogP contribution in [0, 0.1) is 5.92 Å². The fraction of sp³-hybridized carbons (Fsp3) is 0.719. The number of rotatable bonds is 12. The Morgan fingerprint density at radius 3 is 2.60 bits per heavy atom. The Balaban J connectivity index is 2.25. The molecule has 0 unspecified atom stereocenters. The monoisotopic (exact) mass is 591 g/mol. The van der Waals surface area contributed by atoms with E-state index in [0.717, 1.165) is 32.2 Å². The molecule has 0 saturated carbocycles. The number of aliphatic hydroxyl groups is 1. The molecule has 0 fully saturated rings. The molecule has 0 radical (unpaired) electrons. The second-order valence-corrected chi connectivity index (χ2v) is 11.7. The minimum absolute atomic E-state index is 0.0169. The van der Waals surface area contributed by atoms with Crippen LogP contribution in [-0.4, -0.2) is 97.9 Å².